The van der Waals surface area contributed by atoms with Crippen molar-refractivity contribution in [1.29, 1.82) is 0 Å². The molecular weight excluding hydrogens is 212 g/mol. The van der Waals surface area contributed by atoms with Gasteiger partial charge in [-0.05, 0) is 17.7 Å². The summed E-state index contributed by atoms with van der Waals surface area (Å²) < 4.78 is 4.83. The van der Waals surface area contributed by atoms with E-state index in [2.05, 4.69) is 0 Å². The Morgan fingerprint density at radius 3 is 2.53 bits per heavy atom. The molecule has 0 radical (unpaired) electrons. The molecule has 0 fully saturated rings. The zero-order valence-corrected chi connectivity index (χ0v) is 9.54. The lowest BCUT2D eigenvalue weighted by Gasteiger charge is -2.08. The third-order valence-corrected chi connectivity index (χ3v) is 3.06. The Morgan fingerprint density at radius 1 is 1.33 bits per heavy atom. The van der Waals surface area contributed by atoms with E-state index in [1.54, 1.807) is 18.9 Å². The molecule has 0 spiro atoms. The van der Waals surface area contributed by atoms with Crippen molar-refractivity contribution in [2.45, 2.75) is 17.6 Å². The third kappa shape index (κ3) is 4.66. The number of aliphatic hydroxyl groups excluding tert-OH is 2. The first-order chi connectivity index (χ1) is 7.26. The summed E-state index contributed by atoms with van der Waals surface area (Å²) in [4.78, 5) is 1.09. The first kappa shape index (κ1) is 12.5. The van der Waals surface area contributed by atoms with Crippen molar-refractivity contribution in [1.82, 2.24) is 0 Å². The molecule has 0 amide bonds. The molecule has 1 aromatic carbocycles. The highest BCUT2D eigenvalue weighted by atomic mass is 32.2. The predicted molar refractivity (Wildman–Crippen MR) is 61.0 cm³/mol. The molecule has 4 heteroatoms. The lowest BCUT2D eigenvalue weighted by Crippen LogP contribution is -2.16. The van der Waals surface area contributed by atoms with Crippen LogP contribution < -0.4 is 0 Å². The molecule has 0 aliphatic rings. The van der Waals surface area contributed by atoms with Crippen LogP contribution in [0.15, 0.2) is 29.2 Å². The predicted octanol–water partition coefficient (Wildman–Crippen LogP) is 1.28. The fraction of sp³-hybridized carbons (Fsp3) is 0.455. The van der Waals surface area contributed by atoms with Crippen LogP contribution in [0.3, 0.4) is 0 Å². The van der Waals surface area contributed by atoms with Crippen LogP contribution in [0.4, 0.5) is 0 Å². The molecule has 3 nitrogen and oxygen atoms in total. The van der Waals surface area contributed by atoms with Crippen LogP contribution in [0.25, 0.3) is 0 Å². The molecule has 1 aromatic rings. The number of thioether (sulfide) groups is 1. The van der Waals surface area contributed by atoms with Gasteiger partial charge >= 0.3 is 0 Å². The van der Waals surface area contributed by atoms with Crippen molar-refractivity contribution in [2.75, 3.05) is 19.5 Å². The van der Waals surface area contributed by atoms with Crippen LogP contribution in [-0.2, 0) is 11.3 Å². The second-order valence-electron chi connectivity index (χ2n) is 3.22. The number of methoxy groups -OCH3 is 1. The average Bonchev–Trinajstić information content (AvgIpc) is 2.27. The van der Waals surface area contributed by atoms with Crippen LogP contribution in [0.2, 0.25) is 0 Å². The fourth-order valence-corrected chi connectivity index (χ4v) is 1.93. The summed E-state index contributed by atoms with van der Waals surface area (Å²) in [6.45, 7) is 0.430. The number of hydrogen-bond acceptors (Lipinski definition) is 4. The maximum atomic E-state index is 9.43. The number of benzene rings is 1. The van der Waals surface area contributed by atoms with Crippen LogP contribution in [0, 0.1) is 0 Å². The van der Waals surface area contributed by atoms with Gasteiger partial charge in [0.15, 0.2) is 0 Å². The van der Waals surface area contributed by atoms with Gasteiger partial charge in [-0.15, -0.1) is 11.8 Å². The van der Waals surface area contributed by atoms with E-state index >= 15 is 0 Å². The van der Waals surface area contributed by atoms with Crippen molar-refractivity contribution in [3.05, 3.63) is 29.8 Å². The quantitative estimate of drug-likeness (QED) is 0.720. The zero-order valence-electron chi connectivity index (χ0n) is 8.72. The first-order valence-electron chi connectivity index (χ1n) is 4.76. The van der Waals surface area contributed by atoms with Gasteiger partial charge < -0.3 is 14.9 Å². The van der Waals surface area contributed by atoms with Crippen LogP contribution in [-0.4, -0.2) is 35.8 Å². The Kier molecular flexibility index (Phi) is 5.71. The molecule has 1 atom stereocenters. The molecule has 84 valence electrons. The number of hydrogen-bond donors (Lipinski definition) is 2. The topological polar surface area (TPSA) is 49.7 Å². The molecule has 1 rings (SSSR count). The van der Waals surface area contributed by atoms with Crippen LogP contribution in [0.5, 0.6) is 0 Å². The molecule has 0 aliphatic carbocycles. The van der Waals surface area contributed by atoms with E-state index in [-0.39, 0.29) is 6.61 Å². The zero-order chi connectivity index (χ0) is 11.1. The number of rotatable bonds is 6. The van der Waals surface area contributed by atoms with Gasteiger partial charge in [-0.3, -0.25) is 0 Å². The van der Waals surface area contributed by atoms with E-state index < -0.39 is 6.10 Å². The Labute approximate surface area is 94.1 Å². The van der Waals surface area contributed by atoms with E-state index in [4.69, 9.17) is 9.84 Å². The number of ether oxygens (including phenoxy) is 1. The van der Waals surface area contributed by atoms with E-state index in [1.165, 1.54) is 0 Å². The highest BCUT2D eigenvalue weighted by Gasteiger charge is 2.04. The maximum absolute atomic E-state index is 9.43. The van der Waals surface area contributed by atoms with Gasteiger partial charge in [0.25, 0.3) is 0 Å². The smallest absolute Gasteiger partial charge is 0.0867 e. The molecule has 0 aliphatic heterocycles. The van der Waals surface area contributed by atoms with Gasteiger partial charge in [-0.2, -0.15) is 0 Å². The van der Waals surface area contributed by atoms with Crippen molar-refractivity contribution in [3.8, 4) is 0 Å². The fourth-order valence-electron chi connectivity index (χ4n) is 1.12. The first-order valence-corrected chi connectivity index (χ1v) is 5.74. The molecule has 2 N–H and O–H groups in total. The molecular formula is C11H16O3S. The summed E-state index contributed by atoms with van der Waals surface area (Å²) in [5, 5.41) is 18.3. The Balaban J connectivity index is 2.37. The second kappa shape index (κ2) is 6.85. The molecule has 0 heterocycles. The summed E-state index contributed by atoms with van der Waals surface area (Å²) in [6.07, 6.45) is -0.433. The van der Waals surface area contributed by atoms with E-state index in [0.717, 1.165) is 10.5 Å². The van der Waals surface area contributed by atoms with Crippen molar-refractivity contribution < 1.29 is 14.9 Å². The highest BCUT2D eigenvalue weighted by molar-refractivity contribution is 7.99. The van der Waals surface area contributed by atoms with E-state index in [9.17, 15) is 5.11 Å². The highest BCUT2D eigenvalue weighted by Crippen LogP contribution is 2.19. The SMILES string of the molecule is COCC(O)CSc1ccc(CO)cc1. The van der Waals surface area contributed by atoms with Gasteiger partial charge in [0.05, 0.1) is 19.3 Å². The maximum Gasteiger partial charge on any atom is 0.0867 e. The molecule has 0 saturated heterocycles. The minimum Gasteiger partial charge on any atom is -0.392 e. The monoisotopic (exact) mass is 228 g/mol. The van der Waals surface area contributed by atoms with Gasteiger partial charge in [0.1, 0.15) is 0 Å². The summed E-state index contributed by atoms with van der Waals surface area (Å²) >= 11 is 1.58. The average molecular weight is 228 g/mol. The Hall–Kier alpha value is -0.550. The lowest BCUT2D eigenvalue weighted by molar-refractivity contribution is 0.0794. The lowest BCUT2D eigenvalue weighted by atomic mass is 10.2. The third-order valence-electron chi connectivity index (χ3n) is 1.91. The van der Waals surface area contributed by atoms with Crippen LogP contribution in [0.1, 0.15) is 5.56 Å². The Bertz CT molecular complexity index is 274. The van der Waals surface area contributed by atoms with Gasteiger partial charge in [-0.25, -0.2) is 0 Å². The second-order valence-corrected chi connectivity index (χ2v) is 4.32. The molecule has 0 saturated carbocycles. The van der Waals surface area contributed by atoms with E-state index in [1.807, 2.05) is 24.3 Å². The summed E-state index contributed by atoms with van der Waals surface area (Å²) in [5.41, 5.74) is 0.900. The minimum atomic E-state index is -0.433. The molecule has 15 heavy (non-hydrogen) atoms. The minimum absolute atomic E-state index is 0.0667. The summed E-state index contributed by atoms with van der Waals surface area (Å²) in [7, 11) is 1.57. The van der Waals surface area contributed by atoms with E-state index in [0.29, 0.717) is 12.4 Å². The standard InChI is InChI=1S/C11H16O3S/c1-14-7-10(13)8-15-11-4-2-9(6-12)3-5-11/h2-5,10,12-13H,6-8H2,1H3. The van der Waals surface area contributed by atoms with Crippen molar-refractivity contribution in [3.63, 3.8) is 0 Å². The largest absolute Gasteiger partial charge is 0.392 e. The molecule has 0 bridgehead atoms. The molecule has 0 aromatic heterocycles. The number of aliphatic hydroxyl groups is 2. The van der Waals surface area contributed by atoms with Crippen LogP contribution >= 0.6 is 11.8 Å². The van der Waals surface area contributed by atoms with Crippen molar-refractivity contribution in [2.24, 2.45) is 0 Å². The van der Waals surface area contributed by atoms with Gasteiger partial charge in [0.2, 0.25) is 0 Å². The van der Waals surface area contributed by atoms with Gasteiger partial charge in [-0.1, -0.05) is 12.1 Å². The van der Waals surface area contributed by atoms with Crippen molar-refractivity contribution >= 4 is 11.8 Å². The Morgan fingerprint density at radius 2 is 2.00 bits per heavy atom. The summed E-state index contributed by atoms with van der Waals surface area (Å²) in [6, 6.07) is 7.64. The van der Waals surface area contributed by atoms with Gasteiger partial charge in [0, 0.05) is 17.8 Å². The normalized spacial score (nSPS) is 12.7. The summed E-state index contributed by atoms with van der Waals surface area (Å²) in [5.74, 6) is 0.617. The molecule has 1 unspecified atom stereocenters.